The maximum absolute atomic E-state index is 12.2. The second-order valence-corrected chi connectivity index (χ2v) is 5.79. The molecule has 2 saturated carbocycles. The van der Waals surface area contributed by atoms with Gasteiger partial charge in [-0.05, 0) is 25.7 Å². The molecule has 1 amide bonds. The van der Waals surface area contributed by atoms with E-state index in [1.54, 1.807) is 6.33 Å². The van der Waals surface area contributed by atoms with Gasteiger partial charge in [0.25, 0.3) is 0 Å². The second-order valence-electron chi connectivity index (χ2n) is 5.79. The summed E-state index contributed by atoms with van der Waals surface area (Å²) < 4.78 is 2.06. The second kappa shape index (κ2) is 7.42. The van der Waals surface area contributed by atoms with Crippen molar-refractivity contribution in [3.8, 4) is 0 Å². The highest BCUT2D eigenvalue weighted by Gasteiger charge is 2.35. The molecule has 21 heavy (non-hydrogen) atoms. The number of carbonyl (C=O) groups excluding carboxylic acids is 1. The van der Waals surface area contributed by atoms with E-state index in [1.165, 1.54) is 19.3 Å². The van der Waals surface area contributed by atoms with Crippen LogP contribution in [0.15, 0.2) is 6.33 Å². The van der Waals surface area contributed by atoms with Crippen LogP contribution in [0.2, 0.25) is 0 Å². The first kappa shape index (κ1) is 18.2. The van der Waals surface area contributed by atoms with Gasteiger partial charge < -0.3 is 15.6 Å². The smallest absolute Gasteiger partial charge is 0.240 e. The fraction of sp³-hybridized carbons (Fsp3) is 0.769. The molecule has 0 unspecified atom stereocenters. The number of nitrogens with zero attached hydrogens (tertiary/aromatic N) is 3. The van der Waals surface area contributed by atoms with Gasteiger partial charge in [0.2, 0.25) is 5.91 Å². The summed E-state index contributed by atoms with van der Waals surface area (Å²) >= 11 is 0. The van der Waals surface area contributed by atoms with Crippen molar-refractivity contribution in [1.82, 2.24) is 20.1 Å². The number of amides is 1. The number of nitrogens with two attached hydrogens (primary N) is 1. The molecule has 0 bridgehead atoms. The topological polar surface area (TPSA) is 85.8 Å². The minimum absolute atomic E-state index is 0. The molecule has 0 atom stereocenters. The Morgan fingerprint density at radius 1 is 1.33 bits per heavy atom. The first-order valence-electron chi connectivity index (χ1n) is 7.15. The number of rotatable bonds is 4. The summed E-state index contributed by atoms with van der Waals surface area (Å²) in [6, 6.07) is 0.531. The summed E-state index contributed by atoms with van der Waals surface area (Å²) in [4.78, 5) is 12.2. The number of hydrogen-bond donors (Lipinski definition) is 2. The van der Waals surface area contributed by atoms with Gasteiger partial charge in [0.15, 0.2) is 5.82 Å². The molecule has 1 aromatic heterocycles. The van der Waals surface area contributed by atoms with E-state index in [1.807, 2.05) is 0 Å². The first-order chi connectivity index (χ1) is 9.19. The summed E-state index contributed by atoms with van der Waals surface area (Å²) in [7, 11) is 0. The van der Waals surface area contributed by atoms with Gasteiger partial charge in [0.05, 0.1) is 12.1 Å². The normalized spacial score (nSPS) is 20.0. The third-order valence-electron chi connectivity index (χ3n) is 4.19. The highest BCUT2D eigenvalue weighted by Crippen LogP contribution is 2.35. The SMILES string of the molecule is Cl.Cl.NC1(C(=O)NCc2nncn2C2CC2)CCCCC1. The molecule has 0 radical (unpaired) electrons. The minimum atomic E-state index is -0.678. The summed E-state index contributed by atoms with van der Waals surface area (Å²) in [5.74, 6) is 0.785. The highest BCUT2D eigenvalue weighted by atomic mass is 35.5. The first-order valence-corrected chi connectivity index (χ1v) is 7.15. The third kappa shape index (κ3) is 4.08. The largest absolute Gasteiger partial charge is 0.347 e. The molecule has 2 aliphatic carbocycles. The Labute approximate surface area is 137 Å². The Bertz CT molecular complexity index is 469. The van der Waals surface area contributed by atoms with Gasteiger partial charge in [-0.15, -0.1) is 35.0 Å². The van der Waals surface area contributed by atoms with E-state index in [0.717, 1.165) is 31.5 Å². The molecule has 6 nitrogen and oxygen atoms in total. The zero-order chi connectivity index (χ0) is 13.3. The summed E-state index contributed by atoms with van der Waals surface area (Å²) in [5, 5.41) is 10.9. The molecular formula is C13H23Cl2N5O. The molecule has 0 aromatic carbocycles. The van der Waals surface area contributed by atoms with Crippen molar-refractivity contribution in [3.05, 3.63) is 12.2 Å². The van der Waals surface area contributed by atoms with Crippen LogP contribution in [0.25, 0.3) is 0 Å². The molecule has 3 rings (SSSR count). The zero-order valence-electron chi connectivity index (χ0n) is 12.0. The predicted octanol–water partition coefficient (Wildman–Crippen LogP) is 1.73. The highest BCUT2D eigenvalue weighted by molar-refractivity contribution is 5.86. The van der Waals surface area contributed by atoms with Gasteiger partial charge in [-0.3, -0.25) is 4.79 Å². The maximum atomic E-state index is 12.2. The van der Waals surface area contributed by atoms with Gasteiger partial charge in [-0.1, -0.05) is 19.3 Å². The van der Waals surface area contributed by atoms with Crippen LogP contribution in [0.5, 0.6) is 0 Å². The van der Waals surface area contributed by atoms with Gasteiger partial charge in [-0.2, -0.15) is 0 Å². The van der Waals surface area contributed by atoms with Crippen molar-refractivity contribution in [1.29, 1.82) is 0 Å². The number of aromatic nitrogens is 3. The number of halogens is 2. The average Bonchev–Trinajstić information content (AvgIpc) is 3.16. The monoisotopic (exact) mass is 335 g/mol. The summed E-state index contributed by atoms with van der Waals surface area (Å²) in [6.07, 6.45) is 8.95. The Morgan fingerprint density at radius 3 is 2.62 bits per heavy atom. The lowest BCUT2D eigenvalue weighted by atomic mass is 9.82. The fourth-order valence-corrected chi connectivity index (χ4v) is 2.80. The molecule has 8 heteroatoms. The van der Waals surface area contributed by atoms with Crippen LogP contribution < -0.4 is 11.1 Å². The molecule has 0 aliphatic heterocycles. The van der Waals surface area contributed by atoms with Crippen molar-refractivity contribution in [2.45, 2.75) is 63.1 Å². The van der Waals surface area contributed by atoms with E-state index in [-0.39, 0.29) is 30.7 Å². The van der Waals surface area contributed by atoms with Crippen molar-refractivity contribution < 1.29 is 4.79 Å². The molecule has 2 fully saturated rings. The number of carbonyl (C=O) groups is 1. The van der Waals surface area contributed by atoms with Crippen LogP contribution >= 0.6 is 24.8 Å². The van der Waals surface area contributed by atoms with Crippen LogP contribution in [-0.4, -0.2) is 26.2 Å². The van der Waals surface area contributed by atoms with Crippen molar-refractivity contribution in [3.63, 3.8) is 0 Å². The molecule has 120 valence electrons. The molecule has 3 N–H and O–H groups in total. The van der Waals surface area contributed by atoms with Gasteiger partial charge in [0, 0.05) is 6.04 Å². The van der Waals surface area contributed by atoms with Gasteiger partial charge in [0.1, 0.15) is 6.33 Å². The van der Waals surface area contributed by atoms with E-state index in [2.05, 4.69) is 20.1 Å². The fourth-order valence-electron chi connectivity index (χ4n) is 2.80. The van der Waals surface area contributed by atoms with Crippen LogP contribution in [-0.2, 0) is 11.3 Å². The molecule has 1 aromatic rings. The van der Waals surface area contributed by atoms with Crippen LogP contribution in [0, 0.1) is 0 Å². The van der Waals surface area contributed by atoms with Gasteiger partial charge in [-0.25, -0.2) is 0 Å². The Kier molecular flexibility index (Phi) is 6.43. The van der Waals surface area contributed by atoms with E-state index >= 15 is 0 Å². The van der Waals surface area contributed by atoms with Crippen molar-refractivity contribution in [2.24, 2.45) is 5.73 Å². The van der Waals surface area contributed by atoms with Gasteiger partial charge >= 0.3 is 0 Å². The van der Waals surface area contributed by atoms with Crippen molar-refractivity contribution >= 4 is 30.7 Å². The zero-order valence-corrected chi connectivity index (χ0v) is 13.6. The molecule has 0 saturated heterocycles. The molecular weight excluding hydrogens is 313 g/mol. The summed E-state index contributed by atoms with van der Waals surface area (Å²) in [5.41, 5.74) is 5.52. The Morgan fingerprint density at radius 2 is 2.00 bits per heavy atom. The lowest BCUT2D eigenvalue weighted by molar-refractivity contribution is -0.127. The van der Waals surface area contributed by atoms with Crippen LogP contribution in [0.1, 0.15) is 56.8 Å². The summed E-state index contributed by atoms with van der Waals surface area (Å²) in [6.45, 7) is 0.425. The van der Waals surface area contributed by atoms with Crippen LogP contribution in [0.4, 0.5) is 0 Å². The quantitative estimate of drug-likeness (QED) is 0.877. The molecule has 1 heterocycles. The van der Waals surface area contributed by atoms with E-state index < -0.39 is 5.54 Å². The predicted molar refractivity (Wildman–Crippen MR) is 84.6 cm³/mol. The van der Waals surface area contributed by atoms with E-state index in [0.29, 0.717) is 12.6 Å². The maximum Gasteiger partial charge on any atom is 0.240 e. The lowest BCUT2D eigenvalue weighted by Crippen LogP contribution is -2.54. The van der Waals surface area contributed by atoms with E-state index in [4.69, 9.17) is 5.73 Å². The Balaban J connectivity index is 0.00000110. The molecule has 0 spiro atoms. The standard InChI is InChI=1S/C13H21N5O.2ClH/c14-13(6-2-1-3-7-13)12(19)15-8-11-17-16-9-18(11)10-4-5-10;;/h9-10H,1-8,14H2,(H,15,19);2*1H. The number of hydrogen-bond acceptors (Lipinski definition) is 4. The Hall–Kier alpha value is -0.850. The lowest BCUT2D eigenvalue weighted by Gasteiger charge is -2.31. The van der Waals surface area contributed by atoms with Crippen LogP contribution in [0.3, 0.4) is 0 Å². The third-order valence-corrected chi connectivity index (χ3v) is 4.19. The van der Waals surface area contributed by atoms with Crippen molar-refractivity contribution in [2.75, 3.05) is 0 Å². The average molecular weight is 336 g/mol. The minimum Gasteiger partial charge on any atom is -0.347 e. The molecule has 2 aliphatic rings. The number of nitrogens with one attached hydrogen (secondary N) is 1. The van der Waals surface area contributed by atoms with E-state index in [9.17, 15) is 4.79 Å².